The molecule has 1 heterocycles. The summed E-state index contributed by atoms with van der Waals surface area (Å²) in [6.07, 6.45) is 0. The Labute approximate surface area is 236 Å². The molecule has 1 amide bonds. The molecule has 3 N–H and O–H groups in total. The first-order chi connectivity index (χ1) is 19.3. The lowest BCUT2D eigenvalue weighted by Crippen LogP contribution is -2.34. The summed E-state index contributed by atoms with van der Waals surface area (Å²) in [7, 11) is -3.76. The Bertz CT molecular complexity index is 1790. The Morgan fingerprint density at radius 1 is 0.925 bits per heavy atom. The van der Waals surface area contributed by atoms with Gasteiger partial charge in [-0.3, -0.25) is 14.8 Å². The van der Waals surface area contributed by atoms with Crippen molar-refractivity contribution in [3.05, 3.63) is 103 Å². The molecule has 0 spiro atoms. The van der Waals surface area contributed by atoms with E-state index >= 15 is 0 Å². The molecule has 0 aliphatic heterocycles. The van der Waals surface area contributed by atoms with E-state index in [9.17, 15) is 13.2 Å². The molecule has 4 aromatic carbocycles. The molecule has 0 aliphatic rings. The van der Waals surface area contributed by atoms with Crippen molar-refractivity contribution >= 4 is 55.7 Å². The summed E-state index contributed by atoms with van der Waals surface area (Å²) in [5, 5.41) is 14.0. The number of benzene rings is 4. The molecule has 0 bridgehead atoms. The van der Waals surface area contributed by atoms with Gasteiger partial charge in [-0.05, 0) is 85.9 Å². The molecule has 1 aromatic heterocycles. The van der Waals surface area contributed by atoms with E-state index < -0.39 is 15.9 Å². The number of anilines is 2. The third-order valence-corrected chi connectivity index (χ3v) is 7.38. The summed E-state index contributed by atoms with van der Waals surface area (Å²) >= 11 is 5.32. The number of hydrogen-bond acceptors (Lipinski definition) is 7. The minimum atomic E-state index is -3.76. The maximum absolute atomic E-state index is 13.0. The number of para-hydroxylation sites is 2. The van der Waals surface area contributed by atoms with Crippen LogP contribution in [0.25, 0.3) is 16.7 Å². The molecule has 0 aliphatic carbocycles. The summed E-state index contributed by atoms with van der Waals surface area (Å²) in [5.41, 5.74) is 3.33. The van der Waals surface area contributed by atoms with Crippen LogP contribution in [0.15, 0.2) is 102 Å². The third-order valence-electron chi connectivity index (χ3n) is 5.78. The molecule has 12 heteroatoms. The van der Waals surface area contributed by atoms with Crippen LogP contribution in [0.5, 0.6) is 5.75 Å². The number of thiocarbonyl (C=S) groups is 1. The highest BCUT2D eigenvalue weighted by Crippen LogP contribution is 2.27. The number of nitrogens with zero attached hydrogens (tertiary/aromatic N) is 3. The summed E-state index contributed by atoms with van der Waals surface area (Å²) in [4.78, 5) is 13.1. The van der Waals surface area contributed by atoms with Gasteiger partial charge in [-0.15, -0.1) is 5.10 Å². The van der Waals surface area contributed by atoms with E-state index in [2.05, 4.69) is 25.7 Å². The Kier molecular flexibility index (Phi) is 7.71. The van der Waals surface area contributed by atoms with E-state index in [0.29, 0.717) is 40.5 Å². The molecule has 40 heavy (non-hydrogen) atoms. The van der Waals surface area contributed by atoms with Crippen molar-refractivity contribution in [3.8, 4) is 11.4 Å². The maximum atomic E-state index is 13.0. The van der Waals surface area contributed by atoms with E-state index in [1.165, 1.54) is 12.1 Å². The van der Waals surface area contributed by atoms with Crippen molar-refractivity contribution in [3.63, 3.8) is 0 Å². The SMILES string of the molecule is CCOc1ccc(C(=O)NC(=S)Nc2ccc(S(=O)(=O)Nc3ccccc3)cc2)cc1-n1nnc2ccccc21. The number of carbonyl (C=O) groups is 1. The van der Waals surface area contributed by atoms with Gasteiger partial charge >= 0.3 is 0 Å². The lowest BCUT2D eigenvalue weighted by molar-refractivity contribution is 0.0977. The molecule has 0 atom stereocenters. The first kappa shape index (κ1) is 26.8. The molecule has 5 rings (SSSR count). The van der Waals surface area contributed by atoms with Gasteiger partial charge in [0, 0.05) is 16.9 Å². The fourth-order valence-corrected chi connectivity index (χ4v) is 5.19. The van der Waals surface area contributed by atoms with Crippen LogP contribution in [0.2, 0.25) is 0 Å². The van der Waals surface area contributed by atoms with Gasteiger partial charge in [-0.1, -0.05) is 35.5 Å². The smallest absolute Gasteiger partial charge is 0.261 e. The van der Waals surface area contributed by atoms with Gasteiger partial charge in [0.1, 0.15) is 17.0 Å². The van der Waals surface area contributed by atoms with Crippen molar-refractivity contribution < 1.29 is 17.9 Å². The summed E-state index contributed by atoms with van der Waals surface area (Å²) in [6, 6.07) is 27.1. The highest BCUT2D eigenvalue weighted by molar-refractivity contribution is 7.92. The second-order valence-electron chi connectivity index (χ2n) is 8.51. The molecule has 0 unspecified atom stereocenters. The van der Waals surface area contributed by atoms with Crippen molar-refractivity contribution in [2.45, 2.75) is 11.8 Å². The number of rotatable bonds is 8. The minimum Gasteiger partial charge on any atom is -0.492 e. The van der Waals surface area contributed by atoms with Gasteiger partial charge in [0.15, 0.2) is 5.11 Å². The summed E-state index contributed by atoms with van der Waals surface area (Å²) < 4.78 is 35.2. The second-order valence-corrected chi connectivity index (χ2v) is 10.6. The molecular weight excluding hydrogens is 548 g/mol. The fraction of sp³-hybridized carbons (Fsp3) is 0.0714. The van der Waals surface area contributed by atoms with Crippen LogP contribution in [0.3, 0.4) is 0 Å². The molecule has 0 radical (unpaired) electrons. The number of amides is 1. The quantitative estimate of drug-likeness (QED) is 0.228. The second kappa shape index (κ2) is 11.5. The third kappa shape index (κ3) is 5.92. The number of sulfonamides is 1. The van der Waals surface area contributed by atoms with E-state index in [4.69, 9.17) is 17.0 Å². The normalized spacial score (nSPS) is 11.1. The van der Waals surface area contributed by atoms with E-state index in [0.717, 1.165) is 5.52 Å². The average molecular weight is 573 g/mol. The number of hydrogen-bond donors (Lipinski definition) is 3. The Balaban J connectivity index is 1.28. The Morgan fingerprint density at radius 2 is 1.65 bits per heavy atom. The van der Waals surface area contributed by atoms with Gasteiger partial charge < -0.3 is 10.1 Å². The van der Waals surface area contributed by atoms with Crippen molar-refractivity contribution in [2.75, 3.05) is 16.6 Å². The van der Waals surface area contributed by atoms with Crippen LogP contribution in [0.4, 0.5) is 11.4 Å². The topological polar surface area (TPSA) is 127 Å². The van der Waals surface area contributed by atoms with E-state index in [1.807, 2.05) is 31.2 Å². The summed E-state index contributed by atoms with van der Waals surface area (Å²) in [6.45, 7) is 2.30. The number of fused-ring (bicyclic) bond motifs is 1. The largest absolute Gasteiger partial charge is 0.492 e. The van der Waals surface area contributed by atoms with Crippen LogP contribution in [0, 0.1) is 0 Å². The molecule has 0 saturated carbocycles. The fourth-order valence-electron chi connectivity index (χ4n) is 3.92. The lowest BCUT2D eigenvalue weighted by atomic mass is 10.1. The van der Waals surface area contributed by atoms with E-state index in [1.54, 1.807) is 65.3 Å². The van der Waals surface area contributed by atoms with Gasteiger partial charge in [0.25, 0.3) is 15.9 Å². The average Bonchev–Trinajstić information content (AvgIpc) is 3.38. The van der Waals surface area contributed by atoms with Crippen molar-refractivity contribution in [2.24, 2.45) is 0 Å². The van der Waals surface area contributed by atoms with Gasteiger partial charge in [0.2, 0.25) is 0 Å². The Morgan fingerprint density at radius 3 is 2.40 bits per heavy atom. The van der Waals surface area contributed by atoms with Crippen LogP contribution < -0.4 is 20.1 Å². The number of carbonyl (C=O) groups excluding carboxylic acids is 1. The predicted molar refractivity (Wildman–Crippen MR) is 157 cm³/mol. The van der Waals surface area contributed by atoms with Gasteiger partial charge in [-0.25, -0.2) is 13.1 Å². The Hall–Kier alpha value is -4.81. The van der Waals surface area contributed by atoms with Crippen LogP contribution in [-0.4, -0.2) is 41.0 Å². The summed E-state index contributed by atoms with van der Waals surface area (Å²) in [5.74, 6) is 0.102. The zero-order chi connectivity index (χ0) is 28.1. The molecule has 10 nitrogen and oxygen atoms in total. The van der Waals surface area contributed by atoms with Gasteiger partial charge in [-0.2, -0.15) is 0 Å². The van der Waals surface area contributed by atoms with Crippen molar-refractivity contribution in [1.29, 1.82) is 0 Å². The number of ether oxygens (including phenoxy) is 1. The zero-order valence-electron chi connectivity index (χ0n) is 21.2. The molecule has 202 valence electrons. The number of nitrogens with one attached hydrogen (secondary N) is 3. The zero-order valence-corrected chi connectivity index (χ0v) is 22.9. The molecule has 0 fully saturated rings. The van der Waals surface area contributed by atoms with Crippen LogP contribution in [-0.2, 0) is 10.0 Å². The molecule has 5 aromatic rings. The number of aromatic nitrogens is 3. The first-order valence-electron chi connectivity index (χ1n) is 12.2. The standard InChI is InChI=1S/C28H24N6O4S2/c1-2-38-26-17-12-19(18-25(26)34-24-11-7-6-10-23(24)31-33-34)27(35)30-28(39)29-20-13-15-22(16-14-20)40(36,37)32-21-8-4-3-5-9-21/h3-18,32H,2H2,1H3,(H2,29,30,35,39). The van der Waals surface area contributed by atoms with Crippen molar-refractivity contribution in [1.82, 2.24) is 20.3 Å². The maximum Gasteiger partial charge on any atom is 0.261 e. The minimum absolute atomic E-state index is 0.0460. The van der Waals surface area contributed by atoms with E-state index in [-0.39, 0.29) is 10.0 Å². The highest BCUT2D eigenvalue weighted by atomic mass is 32.2. The first-order valence-corrected chi connectivity index (χ1v) is 14.1. The van der Waals surface area contributed by atoms with Crippen LogP contribution in [0.1, 0.15) is 17.3 Å². The predicted octanol–water partition coefficient (Wildman–Crippen LogP) is 4.75. The van der Waals surface area contributed by atoms with Crippen LogP contribution >= 0.6 is 12.2 Å². The molecule has 0 saturated heterocycles. The lowest BCUT2D eigenvalue weighted by Gasteiger charge is -2.14. The van der Waals surface area contributed by atoms with Gasteiger partial charge in [0.05, 0.1) is 17.0 Å². The monoisotopic (exact) mass is 572 g/mol. The highest BCUT2D eigenvalue weighted by Gasteiger charge is 2.17. The molecular formula is C28H24N6O4S2.